The Morgan fingerprint density at radius 1 is 1.53 bits per heavy atom. The maximum absolute atomic E-state index is 11.9. The van der Waals surface area contributed by atoms with E-state index in [-0.39, 0.29) is 5.91 Å². The maximum Gasteiger partial charge on any atom is 0.292 e. The quantitative estimate of drug-likeness (QED) is 0.794. The molecule has 1 aromatic heterocycles. The first kappa shape index (κ1) is 11.0. The number of amides is 1. The van der Waals surface area contributed by atoms with Crippen LogP contribution < -0.4 is 0 Å². The highest BCUT2D eigenvalue weighted by Gasteiger charge is 2.20. The highest BCUT2D eigenvalue weighted by molar-refractivity contribution is 9.10. The molecule has 0 saturated carbocycles. The van der Waals surface area contributed by atoms with E-state index in [0.717, 1.165) is 31.0 Å². The molecule has 0 unspecified atom stereocenters. The van der Waals surface area contributed by atoms with Crippen molar-refractivity contribution in [1.82, 2.24) is 10.1 Å². The Kier molecular flexibility index (Phi) is 3.69. The molecule has 1 aromatic rings. The summed E-state index contributed by atoms with van der Waals surface area (Å²) in [5.41, 5.74) is 0. The van der Waals surface area contributed by atoms with Crippen LogP contribution in [0.25, 0.3) is 0 Å². The van der Waals surface area contributed by atoms with Crippen molar-refractivity contribution in [3.8, 4) is 0 Å². The predicted octanol–water partition coefficient (Wildman–Crippen LogP) is 2.02. The minimum atomic E-state index is -0.0595. The van der Waals surface area contributed by atoms with Crippen LogP contribution in [0.15, 0.2) is 15.2 Å². The molecule has 6 heteroatoms. The van der Waals surface area contributed by atoms with Crippen molar-refractivity contribution in [2.24, 2.45) is 0 Å². The van der Waals surface area contributed by atoms with Crippen LogP contribution >= 0.6 is 27.7 Å². The van der Waals surface area contributed by atoms with Crippen LogP contribution in [0.4, 0.5) is 0 Å². The number of carbonyl (C=O) groups is 1. The van der Waals surface area contributed by atoms with Crippen molar-refractivity contribution in [3.05, 3.63) is 16.4 Å². The molecule has 0 spiro atoms. The third-order valence-electron chi connectivity index (χ3n) is 2.20. The minimum absolute atomic E-state index is 0.0595. The van der Waals surface area contributed by atoms with Crippen LogP contribution in [0.3, 0.4) is 0 Å². The summed E-state index contributed by atoms with van der Waals surface area (Å²) in [5, 5.41) is 3.64. The van der Waals surface area contributed by atoms with E-state index in [1.54, 1.807) is 6.07 Å². The van der Waals surface area contributed by atoms with Gasteiger partial charge in [0, 0.05) is 24.9 Å². The molecule has 15 heavy (non-hydrogen) atoms. The summed E-state index contributed by atoms with van der Waals surface area (Å²) in [4.78, 5) is 13.8. The number of hydrogen-bond donors (Lipinski definition) is 0. The fourth-order valence-corrected chi connectivity index (χ4v) is 2.63. The lowest BCUT2D eigenvalue weighted by Crippen LogP contribution is -2.32. The van der Waals surface area contributed by atoms with Crippen molar-refractivity contribution in [2.45, 2.75) is 6.42 Å². The molecule has 0 atom stereocenters. The molecule has 0 aromatic carbocycles. The van der Waals surface area contributed by atoms with Crippen molar-refractivity contribution in [2.75, 3.05) is 24.6 Å². The number of rotatable bonds is 1. The zero-order valence-corrected chi connectivity index (χ0v) is 10.5. The van der Waals surface area contributed by atoms with Gasteiger partial charge in [0.05, 0.1) is 0 Å². The first-order chi connectivity index (χ1) is 7.27. The molecule has 1 amide bonds. The highest BCUT2D eigenvalue weighted by Crippen LogP contribution is 2.15. The van der Waals surface area contributed by atoms with Crippen molar-refractivity contribution < 1.29 is 9.32 Å². The van der Waals surface area contributed by atoms with Crippen molar-refractivity contribution in [3.63, 3.8) is 0 Å². The Labute approximate surface area is 100 Å². The Balaban J connectivity index is 2.06. The van der Waals surface area contributed by atoms with Gasteiger partial charge in [-0.2, -0.15) is 11.8 Å². The molecule has 4 nitrogen and oxygen atoms in total. The molecule has 1 fully saturated rings. The molecule has 2 heterocycles. The van der Waals surface area contributed by atoms with Gasteiger partial charge in [-0.05, 0) is 28.1 Å². The van der Waals surface area contributed by atoms with Crippen molar-refractivity contribution >= 4 is 33.6 Å². The lowest BCUT2D eigenvalue weighted by molar-refractivity contribution is 0.0726. The SMILES string of the molecule is O=C(c1cc(Br)no1)N1CCCSCC1. The zero-order valence-electron chi connectivity index (χ0n) is 8.11. The lowest BCUT2D eigenvalue weighted by atomic mass is 10.3. The van der Waals surface area contributed by atoms with E-state index in [1.807, 2.05) is 16.7 Å². The third kappa shape index (κ3) is 2.75. The average Bonchev–Trinajstić information content (AvgIpc) is 2.53. The van der Waals surface area contributed by atoms with E-state index in [0.29, 0.717) is 10.4 Å². The van der Waals surface area contributed by atoms with Crippen LogP contribution in [-0.4, -0.2) is 40.6 Å². The van der Waals surface area contributed by atoms with E-state index in [2.05, 4.69) is 21.1 Å². The van der Waals surface area contributed by atoms with Crippen LogP contribution in [0, 0.1) is 0 Å². The maximum atomic E-state index is 11.9. The molecule has 0 bridgehead atoms. The number of halogens is 1. The van der Waals surface area contributed by atoms with Gasteiger partial charge in [0.15, 0.2) is 0 Å². The second-order valence-electron chi connectivity index (χ2n) is 3.27. The van der Waals surface area contributed by atoms with Gasteiger partial charge in [-0.3, -0.25) is 4.79 Å². The Bertz CT molecular complexity index is 348. The van der Waals surface area contributed by atoms with E-state index in [9.17, 15) is 4.79 Å². The highest BCUT2D eigenvalue weighted by atomic mass is 79.9. The smallest absolute Gasteiger partial charge is 0.292 e. The fourth-order valence-electron chi connectivity index (χ4n) is 1.46. The topological polar surface area (TPSA) is 46.3 Å². The number of aromatic nitrogens is 1. The van der Waals surface area contributed by atoms with Crippen molar-refractivity contribution in [1.29, 1.82) is 0 Å². The fraction of sp³-hybridized carbons (Fsp3) is 0.556. The largest absolute Gasteiger partial charge is 0.350 e. The second-order valence-corrected chi connectivity index (χ2v) is 5.31. The Morgan fingerprint density at radius 2 is 2.40 bits per heavy atom. The molecule has 0 N–H and O–H groups in total. The first-order valence-electron chi connectivity index (χ1n) is 4.76. The Morgan fingerprint density at radius 3 is 3.13 bits per heavy atom. The number of carbonyl (C=O) groups excluding carboxylic acids is 1. The Hall–Kier alpha value is -0.490. The molecule has 0 radical (unpaired) electrons. The summed E-state index contributed by atoms with van der Waals surface area (Å²) >= 11 is 5.05. The molecule has 82 valence electrons. The minimum Gasteiger partial charge on any atom is -0.350 e. The molecular weight excluding hydrogens is 280 g/mol. The van der Waals surface area contributed by atoms with E-state index >= 15 is 0 Å². The summed E-state index contributed by atoms with van der Waals surface area (Å²) in [5.74, 6) is 2.38. The third-order valence-corrected chi connectivity index (χ3v) is 3.62. The average molecular weight is 291 g/mol. The molecule has 1 aliphatic rings. The molecule has 2 rings (SSSR count). The number of thioether (sulfide) groups is 1. The zero-order chi connectivity index (χ0) is 10.7. The summed E-state index contributed by atoms with van der Waals surface area (Å²) in [6.07, 6.45) is 1.05. The summed E-state index contributed by atoms with van der Waals surface area (Å²) < 4.78 is 5.49. The normalized spacial score (nSPS) is 17.5. The van der Waals surface area contributed by atoms with Gasteiger partial charge in [0.1, 0.15) is 4.60 Å². The molecular formula is C9H11BrN2O2S. The van der Waals surface area contributed by atoms with Gasteiger partial charge >= 0.3 is 0 Å². The van der Waals surface area contributed by atoms with Gasteiger partial charge in [0.2, 0.25) is 5.76 Å². The van der Waals surface area contributed by atoms with Gasteiger partial charge < -0.3 is 9.42 Å². The van der Waals surface area contributed by atoms with E-state index < -0.39 is 0 Å². The van der Waals surface area contributed by atoms with Gasteiger partial charge in [-0.1, -0.05) is 5.16 Å². The van der Waals surface area contributed by atoms with Crippen LogP contribution in [-0.2, 0) is 0 Å². The van der Waals surface area contributed by atoms with Gasteiger partial charge in [-0.15, -0.1) is 0 Å². The molecule has 1 aliphatic heterocycles. The van der Waals surface area contributed by atoms with E-state index in [4.69, 9.17) is 4.52 Å². The van der Waals surface area contributed by atoms with Crippen LogP contribution in [0.5, 0.6) is 0 Å². The van der Waals surface area contributed by atoms with Crippen LogP contribution in [0.1, 0.15) is 17.0 Å². The summed E-state index contributed by atoms with van der Waals surface area (Å²) in [6, 6.07) is 1.61. The molecule has 1 saturated heterocycles. The molecule has 0 aliphatic carbocycles. The second kappa shape index (κ2) is 5.03. The van der Waals surface area contributed by atoms with Gasteiger partial charge in [0.25, 0.3) is 5.91 Å². The van der Waals surface area contributed by atoms with E-state index in [1.165, 1.54) is 0 Å². The monoisotopic (exact) mass is 290 g/mol. The standard InChI is InChI=1S/C9H11BrN2O2S/c10-8-6-7(14-11-8)9(13)12-2-1-4-15-5-3-12/h6H,1-5H2. The van der Waals surface area contributed by atoms with Crippen LogP contribution in [0.2, 0.25) is 0 Å². The van der Waals surface area contributed by atoms with Gasteiger partial charge in [-0.25, -0.2) is 0 Å². The number of hydrogen-bond acceptors (Lipinski definition) is 4. The number of nitrogens with zero attached hydrogens (tertiary/aromatic N) is 2. The first-order valence-corrected chi connectivity index (χ1v) is 6.71. The summed E-state index contributed by atoms with van der Waals surface area (Å²) in [7, 11) is 0. The summed E-state index contributed by atoms with van der Waals surface area (Å²) in [6.45, 7) is 1.60. The lowest BCUT2D eigenvalue weighted by Gasteiger charge is -2.17. The predicted molar refractivity (Wildman–Crippen MR) is 62.0 cm³/mol.